The molecule has 1 aliphatic carbocycles. The molecule has 130 valence electrons. The number of halogens is 1. The van der Waals surface area contributed by atoms with E-state index in [4.69, 9.17) is 0 Å². The minimum atomic E-state index is -0.286. The Bertz CT molecular complexity index is 770. The van der Waals surface area contributed by atoms with Gasteiger partial charge in [0, 0.05) is 37.2 Å². The van der Waals surface area contributed by atoms with Crippen LogP contribution in [0.5, 0.6) is 0 Å². The van der Waals surface area contributed by atoms with E-state index in [2.05, 4.69) is 5.32 Å². The molecule has 0 heterocycles. The van der Waals surface area contributed by atoms with E-state index < -0.39 is 0 Å². The van der Waals surface area contributed by atoms with Crippen molar-refractivity contribution in [3.05, 3.63) is 71.0 Å². The number of hydrogen-bond donors (Lipinski definition) is 1. The van der Waals surface area contributed by atoms with E-state index >= 15 is 0 Å². The summed E-state index contributed by atoms with van der Waals surface area (Å²) in [6.45, 7) is 2.18. The van der Waals surface area contributed by atoms with Crippen molar-refractivity contribution < 1.29 is 14.0 Å². The van der Waals surface area contributed by atoms with Gasteiger partial charge in [0.2, 0.25) is 5.91 Å². The van der Waals surface area contributed by atoms with Crippen LogP contribution >= 0.6 is 0 Å². The SMILES string of the molecule is CC(=O)NCc1ccc(C(=O)N(Cc2ccccc2F)C2CC2)cc1. The molecule has 2 aromatic rings. The predicted octanol–water partition coefficient (Wildman–Crippen LogP) is 3.27. The molecule has 25 heavy (non-hydrogen) atoms. The predicted molar refractivity (Wildman–Crippen MR) is 93.3 cm³/mol. The second-order valence-electron chi connectivity index (χ2n) is 6.36. The van der Waals surface area contributed by atoms with E-state index in [0.29, 0.717) is 17.7 Å². The third kappa shape index (κ3) is 4.44. The Morgan fingerprint density at radius 3 is 2.40 bits per heavy atom. The lowest BCUT2D eigenvalue weighted by Gasteiger charge is -2.23. The molecule has 1 N–H and O–H groups in total. The van der Waals surface area contributed by atoms with E-state index in [-0.39, 0.29) is 30.2 Å². The number of carbonyl (C=O) groups excluding carboxylic acids is 2. The molecule has 0 unspecified atom stereocenters. The Labute approximate surface area is 146 Å². The van der Waals surface area contributed by atoms with Crippen LogP contribution in [0.2, 0.25) is 0 Å². The first kappa shape index (κ1) is 17.1. The summed E-state index contributed by atoms with van der Waals surface area (Å²) in [6.07, 6.45) is 1.92. The van der Waals surface area contributed by atoms with E-state index in [1.807, 2.05) is 12.1 Å². The number of nitrogens with zero attached hydrogens (tertiary/aromatic N) is 1. The van der Waals surface area contributed by atoms with Crippen LogP contribution in [0.3, 0.4) is 0 Å². The molecule has 0 saturated heterocycles. The van der Waals surface area contributed by atoms with Crippen LogP contribution in [0.4, 0.5) is 4.39 Å². The van der Waals surface area contributed by atoms with Crippen molar-refractivity contribution in [2.75, 3.05) is 0 Å². The van der Waals surface area contributed by atoms with E-state index in [1.54, 1.807) is 35.2 Å². The summed E-state index contributed by atoms with van der Waals surface area (Å²) in [5.74, 6) is -0.464. The van der Waals surface area contributed by atoms with Gasteiger partial charge in [0.25, 0.3) is 5.91 Å². The smallest absolute Gasteiger partial charge is 0.254 e. The number of benzene rings is 2. The second kappa shape index (κ2) is 7.47. The number of amides is 2. The highest BCUT2D eigenvalue weighted by molar-refractivity contribution is 5.94. The van der Waals surface area contributed by atoms with Crippen molar-refractivity contribution in [1.82, 2.24) is 10.2 Å². The number of hydrogen-bond acceptors (Lipinski definition) is 2. The minimum Gasteiger partial charge on any atom is -0.352 e. The van der Waals surface area contributed by atoms with Gasteiger partial charge in [-0.3, -0.25) is 9.59 Å². The van der Waals surface area contributed by atoms with Gasteiger partial charge >= 0.3 is 0 Å². The Kier molecular flexibility index (Phi) is 5.12. The van der Waals surface area contributed by atoms with Gasteiger partial charge in [0.05, 0.1) is 0 Å². The zero-order valence-electron chi connectivity index (χ0n) is 14.2. The molecule has 0 spiro atoms. The van der Waals surface area contributed by atoms with E-state index in [0.717, 1.165) is 18.4 Å². The Morgan fingerprint density at radius 1 is 1.12 bits per heavy atom. The molecule has 5 heteroatoms. The van der Waals surface area contributed by atoms with Gasteiger partial charge in [-0.15, -0.1) is 0 Å². The molecule has 0 atom stereocenters. The van der Waals surface area contributed by atoms with Crippen molar-refractivity contribution in [1.29, 1.82) is 0 Å². The summed E-state index contributed by atoms with van der Waals surface area (Å²) in [5, 5.41) is 2.72. The second-order valence-corrected chi connectivity index (χ2v) is 6.36. The number of nitrogens with one attached hydrogen (secondary N) is 1. The van der Waals surface area contributed by atoms with Gasteiger partial charge in [-0.25, -0.2) is 4.39 Å². The molecule has 1 aliphatic rings. The van der Waals surface area contributed by atoms with Gasteiger partial charge in [-0.2, -0.15) is 0 Å². The number of carbonyl (C=O) groups is 2. The van der Waals surface area contributed by atoms with Gasteiger partial charge < -0.3 is 10.2 Å². The summed E-state index contributed by atoms with van der Waals surface area (Å²) in [4.78, 5) is 25.6. The largest absolute Gasteiger partial charge is 0.352 e. The first-order chi connectivity index (χ1) is 12.0. The normalized spacial score (nSPS) is 13.4. The van der Waals surface area contributed by atoms with Crippen molar-refractivity contribution >= 4 is 11.8 Å². The first-order valence-electron chi connectivity index (χ1n) is 8.42. The lowest BCUT2D eigenvalue weighted by Crippen LogP contribution is -2.33. The summed E-state index contributed by atoms with van der Waals surface area (Å²) >= 11 is 0. The highest BCUT2D eigenvalue weighted by Crippen LogP contribution is 2.30. The van der Waals surface area contributed by atoms with Crippen molar-refractivity contribution in [2.45, 2.75) is 38.9 Å². The van der Waals surface area contributed by atoms with Crippen molar-refractivity contribution in [3.63, 3.8) is 0 Å². The van der Waals surface area contributed by atoms with E-state index in [9.17, 15) is 14.0 Å². The van der Waals surface area contributed by atoms with Crippen LogP contribution in [-0.2, 0) is 17.9 Å². The lowest BCUT2D eigenvalue weighted by molar-refractivity contribution is -0.119. The van der Waals surface area contributed by atoms with Crippen LogP contribution in [-0.4, -0.2) is 22.8 Å². The van der Waals surface area contributed by atoms with Crippen LogP contribution in [0.1, 0.15) is 41.3 Å². The first-order valence-corrected chi connectivity index (χ1v) is 8.42. The fourth-order valence-corrected chi connectivity index (χ4v) is 2.72. The summed E-state index contributed by atoms with van der Waals surface area (Å²) in [5.41, 5.74) is 2.04. The molecule has 3 rings (SSSR count). The molecule has 0 aromatic heterocycles. The number of rotatable bonds is 6. The zero-order valence-corrected chi connectivity index (χ0v) is 14.2. The highest BCUT2D eigenvalue weighted by atomic mass is 19.1. The third-order valence-corrected chi connectivity index (χ3v) is 4.29. The highest BCUT2D eigenvalue weighted by Gasteiger charge is 2.33. The monoisotopic (exact) mass is 340 g/mol. The van der Waals surface area contributed by atoms with Crippen LogP contribution < -0.4 is 5.32 Å². The van der Waals surface area contributed by atoms with Gasteiger partial charge in [-0.1, -0.05) is 30.3 Å². The molecule has 1 saturated carbocycles. The molecular weight excluding hydrogens is 319 g/mol. The maximum Gasteiger partial charge on any atom is 0.254 e. The van der Waals surface area contributed by atoms with Gasteiger partial charge in [-0.05, 0) is 36.6 Å². The summed E-state index contributed by atoms with van der Waals surface area (Å²) < 4.78 is 13.9. The topological polar surface area (TPSA) is 49.4 Å². The van der Waals surface area contributed by atoms with Crippen LogP contribution in [0, 0.1) is 5.82 Å². The third-order valence-electron chi connectivity index (χ3n) is 4.29. The molecule has 0 aliphatic heterocycles. The molecule has 0 radical (unpaired) electrons. The molecule has 2 aromatic carbocycles. The maximum absolute atomic E-state index is 13.9. The van der Waals surface area contributed by atoms with Crippen molar-refractivity contribution in [3.8, 4) is 0 Å². The van der Waals surface area contributed by atoms with Crippen molar-refractivity contribution in [2.24, 2.45) is 0 Å². The van der Waals surface area contributed by atoms with Gasteiger partial charge in [0.15, 0.2) is 0 Å². The standard InChI is InChI=1S/C20H21FN2O2/c1-14(24)22-12-15-6-8-16(9-7-15)20(25)23(18-10-11-18)13-17-4-2-3-5-19(17)21/h2-9,18H,10-13H2,1H3,(H,22,24). The van der Waals surface area contributed by atoms with Gasteiger partial charge in [0.1, 0.15) is 5.82 Å². The van der Waals surface area contributed by atoms with E-state index in [1.165, 1.54) is 13.0 Å². The molecule has 1 fully saturated rings. The minimum absolute atomic E-state index is 0.0863. The quantitative estimate of drug-likeness (QED) is 0.877. The van der Waals surface area contributed by atoms with Crippen LogP contribution in [0.25, 0.3) is 0 Å². The average molecular weight is 340 g/mol. The Balaban J connectivity index is 1.72. The molecule has 0 bridgehead atoms. The fraction of sp³-hybridized carbons (Fsp3) is 0.300. The molecule has 4 nitrogen and oxygen atoms in total. The summed E-state index contributed by atoms with van der Waals surface area (Å²) in [7, 11) is 0. The molecular formula is C20H21FN2O2. The Hall–Kier alpha value is -2.69. The maximum atomic E-state index is 13.9. The fourth-order valence-electron chi connectivity index (χ4n) is 2.72. The lowest BCUT2D eigenvalue weighted by atomic mass is 10.1. The average Bonchev–Trinajstić information content (AvgIpc) is 3.44. The molecule has 2 amide bonds. The Morgan fingerprint density at radius 2 is 1.80 bits per heavy atom. The van der Waals surface area contributed by atoms with Crippen LogP contribution in [0.15, 0.2) is 48.5 Å². The summed E-state index contributed by atoms with van der Waals surface area (Å²) in [6, 6.07) is 13.9. The zero-order chi connectivity index (χ0) is 17.8.